The molecule has 0 bridgehead atoms. The monoisotopic (exact) mass is 382 g/mol. The van der Waals surface area contributed by atoms with Crippen LogP contribution in [-0.2, 0) is 20.7 Å². The van der Waals surface area contributed by atoms with Gasteiger partial charge in [0.05, 0.1) is 29.4 Å². The van der Waals surface area contributed by atoms with E-state index < -0.39 is 11.2 Å². The lowest BCUT2D eigenvalue weighted by atomic mass is 10.1. The molecule has 0 saturated heterocycles. The second-order valence-corrected chi connectivity index (χ2v) is 8.23. The molecule has 1 heterocycles. The van der Waals surface area contributed by atoms with Gasteiger partial charge in [-0.25, -0.2) is 0 Å². The van der Waals surface area contributed by atoms with E-state index >= 15 is 0 Å². The van der Waals surface area contributed by atoms with Gasteiger partial charge in [-0.05, 0) is 34.6 Å². The third-order valence-electron chi connectivity index (χ3n) is 4.69. The van der Waals surface area contributed by atoms with Crippen molar-refractivity contribution in [3.8, 4) is 0 Å². The Labute approximate surface area is 162 Å². The van der Waals surface area contributed by atoms with Crippen LogP contribution in [0.3, 0.4) is 0 Å². The SMILES string of the molecule is COC(C)(C)CN(C)C(=O)Cc1occ(C)c1C(=O)N(C)CC(C)(C)OC. The first-order chi connectivity index (χ1) is 12.3. The average Bonchev–Trinajstić information content (AvgIpc) is 2.93. The summed E-state index contributed by atoms with van der Waals surface area (Å²) >= 11 is 0. The molecule has 2 amide bonds. The van der Waals surface area contributed by atoms with Crippen molar-refractivity contribution in [3.05, 3.63) is 23.2 Å². The maximum atomic E-state index is 12.9. The Kier molecular flexibility index (Phi) is 7.63. The van der Waals surface area contributed by atoms with Crippen molar-refractivity contribution in [1.29, 1.82) is 0 Å². The molecular formula is C20H34N2O5. The number of likely N-dealkylation sites (N-methyl/N-ethyl adjacent to an activating group) is 2. The fourth-order valence-corrected chi connectivity index (χ4v) is 2.81. The zero-order valence-corrected chi connectivity index (χ0v) is 18.1. The van der Waals surface area contributed by atoms with Crippen LogP contribution in [-0.4, -0.2) is 74.2 Å². The normalized spacial score (nSPS) is 12.2. The molecule has 0 spiro atoms. The van der Waals surface area contributed by atoms with Crippen LogP contribution in [0.25, 0.3) is 0 Å². The van der Waals surface area contributed by atoms with Gasteiger partial charge in [-0.1, -0.05) is 0 Å². The van der Waals surface area contributed by atoms with Gasteiger partial charge in [0.15, 0.2) is 0 Å². The van der Waals surface area contributed by atoms with Gasteiger partial charge in [0.1, 0.15) is 5.76 Å². The van der Waals surface area contributed by atoms with E-state index in [1.165, 1.54) is 6.26 Å². The van der Waals surface area contributed by atoms with Gasteiger partial charge >= 0.3 is 0 Å². The average molecular weight is 383 g/mol. The minimum atomic E-state index is -0.468. The number of methoxy groups -OCH3 is 2. The highest BCUT2D eigenvalue weighted by atomic mass is 16.5. The lowest BCUT2D eigenvalue weighted by Crippen LogP contribution is -2.42. The van der Waals surface area contributed by atoms with E-state index in [-0.39, 0.29) is 18.2 Å². The summed E-state index contributed by atoms with van der Waals surface area (Å²) in [7, 11) is 6.66. The molecule has 1 rings (SSSR count). The van der Waals surface area contributed by atoms with Crippen molar-refractivity contribution in [2.75, 3.05) is 41.4 Å². The first-order valence-electron chi connectivity index (χ1n) is 9.00. The van der Waals surface area contributed by atoms with Gasteiger partial charge in [0, 0.05) is 47.0 Å². The molecule has 0 atom stereocenters. The van der Waals surface area contributed by atoms with E-state index in [1.807, 2.05) is 27.7 Å². The number of aryl methyl sites for hydroxylation is 1. The third-order valence-corrected chi connectivity index (χ3v) is 4.69. The van der Waals surface area contributed by atoms with Gasteiger partial charge in [-0.15, -0.1) is 0 Å². The molecule has 0 saturated carbocycles. The quantitative estimate of drug-likeness (QED) is 0.656. The Hall–Kier alpha value is -1.86. The highest BCUT2D eigenvalue weighted by Gasteiger charge is 2.29. The Morgan fingerprint density at radius 2 is 1.48 bits per heavy atom. The lowest BCUT2D eigenvalue weighted by molar-refractivity contribution is -0.132. The van der Waals surface area contributed by atoms with E-state index in [2.05, 4.69) is 0 Å². The van der Waals surface area contributed by atoms with E-state index in [0.717, 1.165) is 0 Å². The number of rotatable bonds is 9. The zero-order chi connectivity index (χ0) is 21.0. The molecule has 0 aliphatic heterocycles. The number of carbonyl (C=O) groups excluding carboxylic acids is 2. The number of hydrogen-bond donors (Lipinski definition) is 0. The maximum Gasteiger partial charge on any atom is 0.257 e. The smallest absolute Gasteiger partial charge is 0.257 e. The van der Waals surface area contributed by atoms with E-state index in [1.54, 1.807) is 45.0 Å². The minimum Gasteiger partial charge on any atom is -0.468 e. The predicted octanol–water partition coefficient (Wildman–Crippen LogP) is 2.51. The Balaban J connectivity index is 2.94. The zero-order valence-electron chi connectivity index (χ0n) is 18.1. The van der Waals surface area contributed by atoms with Crippen LogP contribution in [0.15, 0.2) is 10.7 Å². The van der Waals surface area contributed by atoms with Gasteiger partial charge in [-0.3, -0.25) is 9.59 Å². The number of hydrogen-bond acceptors (Lipinski definition) is 5. The third kappa shape index (κ3) is 6.36. The summed E-state index contributed by atoms with van der Waals surface area (Å²) < 4.78 is 16.3. The van der Waals surface area contributed by atoms with Crippen molar-refractivity contribution < 1.29 is 23.5 Å². The molecule has 0 unspecified atom stereocenters. The fourth-order valence-electron chi connectivity index (χ4n) is 2.81. The molecule has 0 aromatic carbocycles. The summed E-state index contributed by atoms with van der Waals surface area (Å²) in [5, 5.41) is 0. The van der Waals surface area contributed by atoms with Crippen molar-refractivity contribution in [3.63, 3.8) is 0 Å². The van der Waals surface area contributed by atoms with Gasteiger partial charge < -0.3 is 23.7 Å². The van der Waals surface area contributed by atoms with E-state index in [0.29, 0.717) is 30.0 Å². The first-order valence-corrected chi connectivity index (χ1v) is 9.00. The fraction of sp³-hybridized carbons (Fsp3) is 0.700. The van der Waals surface area contributed by atoms with Crippen LogP contribution in [0.2, 0.25) is 0 Å². The highest BCUT2D eigenvalue weighted by molar-refractivity contribution is 5.97. The summed E-state index contributed by atoms with van der Waals surface area (Å²) in [4.78, 5) is 28.7. The van der Waals surface area contributed by atoms with Crippen LogP contribution in [0.5, 0.6) is 0 Å². The summed E-state index contributed by atoms with van der Waals surface area (Å²) in [6, 6.07) is 0. The molecule has 1 aromatic rings. The predicted molar refractivity (Wildman–Crippen MR) is 104 cm³/mol. The number of furan rings is 1. The van der Waals surface area contributed by atoms with Crippen LogP contribution in [0.4, 0.5) is 0 Å². The van der Waals surface area contributed by atoms with Crippen molar-refractivity contribution in [1.82, 2.24) is 9.80 Å². The molecule has 0 radical (unpaired) electrons. The number of ether oxygens (including phenoxy) is 2. The summed E-state index contributed by atoms with van der Waals surface area (Å²) in [6.07, 6.45) is 1.54. The largest absolute Gasteiger partial charge is 0.468 e. The van der Waals surface area contributed by atoms with Gasteiger partial charge in [0.25, 0.3) is 5.91 Å². The second-order valence-electron chi connectivity index (χ2n) is 8.23. The molecule has 0 N–H and O–H groups in total. The minimum absolute atomic E-state index is 0.0206. The van der Waals surface area contributed by atoms with Crippen LogP contribution in [0, 0.1) is 6.92 Å². The molecule has 27 heavy (non-hydrogen) atoms. The van der Waals surface area contributed by atoms with Crippen LogP contribution < -0.4 is 0 Å². The first kappa shape index (κ1) is 23.2. The topological polar surface area (TPSA) is 72.2 Å². The maximum absolute atomic E-state index is 12.9. The number of carbonyl (C=O) groups is 2. The second kappa shape index (κ2) is 8.89. The van der Waals surface area contributed by atoms with Crippen LogP contribution >= 0.6 is 0 Å². The molecule has 7 heteroatoms. The summed E-state index contributed by atoms with van der Waals surface area (Å²) in [5.41, 5.74) is 0.236. The lowest BCUT2D eigenvalue weighted by Gasteiger charge is -2.29. The highest BCUT2D eigenvalue weighted by Crippen LogP contribution is 2.21. The molecule has 154 valence electrons. The Morgan fingerprint density at radius 1 is 1.00 bits per heavy atom. The molecule has 1 aromatic heterocycles. The Morgan fingerprint density at radius 3 is 1.96 bits per heavy atom. The molecule has 0 fully saturated rings. The van der Waals surface area contributed by atoms with Gasteiger partial charge in [-0.2, -0.15) is 0 Å². The standard InChI is InChI=1S/C20H34N2O5/c1-14-11-27-15(10-16(23)21(6)12-19(2,3)25-8)17(14)18(24)22(7)13-20(4,5)26-9/h11H,10,12-13H2,1-9H3. The Bertz CT molecular complexity index is 663. The van der Waals surface area contributed by atoms with Crippen molar-refractivity contribution >= 4 is 11.8 Å². The molecular weight excluding hydrogens is 348 g/mol. The van der Waals surface area contributed by atoms with Crippen molar-refractivity contribution in [2.24, 2.45) is 0 Å². The molecule has 0 aliphatic rings. The van der Waals surface area contributed by atoms with Crippen LogP contribution in [0.1, 0.15) is 49.4 Å². The number of amides is 2. The summed E-state index contributed by atoms with van der Waals surface area (Å²) in [5.74, 6) is 0.0593. The van der Waals surface area contributed by atoms with E-state index in [9.17, 15) is 9.59 Å². The van der Waals surface area contributed by atoms with E-state index in [4.69, 9.17) is 13.9 Å². The molecule has 0 aliphatic carbocycles. The molecule has 7 nitrogen and oxygen atoms in total. The van der Waals surface area contributed by atoms with Gasteiger partial charge in [0.2, 0.25) is 5.91 Å². The number of nitrogens with zero attached hydrogens (tertiary/aromatic N) is 2. The van der Waals surface area contributed by atoms with Crippen molar-refractivity contribution in [2.45, 2.75) is 52.2 Å². The summed E-state index contributed by atoms with van der Waals surface area (Å²) in [6.45, 7) is 10.3.